The van der Waals surface area contributed by atoms with Crippen LogP contribution in [0.1, 0.15) is 44.1 Å². The molecule has 2 fully saturated rings. The number of sulfonamides is 1. The van der Waals surface area contributed by atoms with Crippen LogP contribution in [-0.2, 0) is 21.4 Å². The van der Waals surface area contributed by atoms with Crippen LogP contribution >= 0.6 is 0 Å². The summed E-state index contributed by atoms with van der Waals surface area (Å²) in [7, 11) is -1.70. The number of likely N-dealkylation sites (tertiary alicyclic amines) is 1. The molecule has 1 aromatic rings. The van der Waals surface area contributed by atoms with E-state index in [0.717, 1.165) is 43.7 Å². The maximum atomic E-state index is 13.6. The highest BCUT2D eigenvalue weighted by Crippen LogP contribution is 2.36. The first kappa shape index (κ1) is 24.1. The van der Waals surface area contributed by atoms with E-state index in [0.29, 0.717) is 29.6 Å². The molecule has 35 heavy (non-hydrogen) atoms. The summed E-state index contributed by atoms with van der Waals surface area (Å²) in [5.41, 5.74) is 0.752. The van der Waals surface area contributed by atoms with Gasteiger partial charge in [0, 0.05) is 11.6 Å². The van der Waals surface area contributed by atoms with E-state index in [-0.39, 0.29) is 11.4 Å². The first-order valence-electron chi connectivity index (χ1n) is 12.1. The number of hydrogen-bond donors (Lipinski definition) is 1. The summed E-state index contributed by atoms with van der Waals surface area (Å²) in [6, 6.07) is 1.27. The molecule has 1 saturated heterocycles. The van der Waals surface area contributed by atoms with Crippen LogP contribution < -0.4 is 4.72 Å². The Morgan fingerprint density at radius 2 is 1.94 bits per heavy atom. The van der Waals surface area contributed by atoms with Crippen molar-refractivity contribution in [2.24, 2.45) is 11.8 Å². The molecule has 5 rings (SSSR count). The van der Waals surface area contributed by atoms with Gasteiger partial charge in [0.15, 0.2) is 12.3 Å². The van der Waals surface area contributed by atoms with Crippen LogP contribution in [0.3, 0.4) is 0 Å². The van der Waals surface area contributed by atoms with Gasteiger partial charge in [0.05, 0.1) is 17.1 Å². The predicted octanol–water partition coefficient (Wildman–Crippen LogP) is 1.78. The van der Waals surface area contributed by atoms with E-state index in [9.17, 15) is 18.0 Å². The Labute approximate surface area is 205 Å². The standard InChI is InChI=1S/C24H32N5O5S/c1-16-12-18(34-25-16)15-29-22(30)20-13-19(35(32,33)26-24(2)8-9-24)4-5-21(20)28(23(29)31)14-17-6-10-27(3)11-7-17/h4-5,12-13,17,20,26H,6-11,14-15H2,1-3H3/q+1. The van der Waals surface area contributed by atoms with Crippen molar-refractivity contribution in [2.75, 3.05) is 26.7 Å². The molecule has 0 radical (unpaired) electrons. The number of aromatic nitrogens is 1. The fourth-order valence-electron chi connectivity index (χ4n) is 4.88. The zero-order valence-corrected chi connectivity index (χ0v) is 21.2. The number of imide groups is 1. The number of rotatable bonds is 7. The zero-order valence-electron chi connectivity index (χ0n) is 20.4. The molecule has 0 aromatic carbocycles. The van der Waals surface area contributed by atoms with Gasteiger partial charge in [-0.3, -0.25) is 0 Å². The molecule has 1 unspecified atom stereocenters. The molecule has 11 heteroatoms. The van der Waals surface area contributed by atoms with Crippen molar-refractivity contribution >= 4 is 27.7 Å². The quantitative estimate of drug-likeness (QED) is 0.565. The molecule has 3 heterocycles. The number of allylic oxidation sites excluding steroid dienone is 2. The fourth-order valence-corrected chi connectivity index (χ4v) is 6.41. The molecule has 4 aliphatic rings. The topological polar surface area (TPSA) is 116 Å². The number of nitrogens with one attached hydrogen (secondary N) is 1. The number of nitrogens with zero attached hydrogens (tertiary/aromatic N) is 4. The third-order valence-electron chi connectivity index (χ3n) is 7.33. The number of urea groups is 1. The third-order valence-corrected chi connectivity index (χ3v) is 8.99. The van der Waals surface area contributed by atoms with E-state index in [1.165, 1.54) is 12.2 Å². The molecule has 1 atom stereocenters. The largest absolute Gasteiger partial charge is 0.501 e. The van der Waals surface area contributed by atoms with Gasteiger partial charge in [-0.1, -0.05) is 5.16 Å². The second kappa shape index (κ2) is 8.79. The number of carbonyl (C=O) groups excluding carboxylic acids is 2. The summed E-state index contributed by atoms with van der Waals surface area (Å²) in [5, 5.41) is 3.86. The Balaban J connectivity index is 1.49. The van der Waals surface area contributed by atoms with Crippen LogP contribution in [0.4, 0.5) is 4.79 Å². The lowest BCUT2D eigenvalue weighted by Gasteiger charge is -2.32. The zero-order chi connectivity index (χ0) is 25.0. The number of aryl methyl sites for hydroxylation is 1. The highest BCUT2D eigenvalue weighted by Gasteiger charge is 2.49. The van der Waals surface area contributed by atoms with Gasteiger partial charge in [0.2, 0.25) is 10.0 Å². The van der Waals surface area contributed by atoms with E-state index in [1.54, 1.807) is 23.6 Å². The van der Waals surface area contributed by atoms with Crippen LogP contribution in [0, 0.1) is 18.8 Å². The molecule has 1 N–H and O–H groups in total. The molecule has 188 valence electrons. The van der Waals surface area contributed by atoms with Crippen LogP contribution in [0.5, 0.6) is 0 Å². The molecular weight excluding hydrogens is 470 g/mol. The Bertz CT molecular complexity index is 1250. The van der Waals surface area contributed by atoms with Crippen molar-refractivity contribution < 1.29 is 27.1 Å². The van der Waals surface area contributed by atoms with Crippen molar-refractivity contribution in [1.82, 2.24) is 19.7 Å². The summed E-state index contributed by atoms with van der Waals surface area (Å²) in [6.07, 6.45) is 8.06. The van der Waals surface area contributed by atoms with Gasteiger partial charge >= 0.3 is 11.9 Å². The molecule has 3 amide bonds. The SMILES string of the molecule is Cc1cc(CN2C(=O)C3C=C(S(=O)(=O)NC4(C)CC4)C=CC3=[N+](CC3CCN(C)CC3)C2=O)on1. The highest BCUT2D eigenvalue weighted by atomic mass is 32.2. The van der Waals surface area contributed by atoms with E-state index in [2.05, 4.69) is 21.8 Å². The molecule has 1 saturated carbocycles. The van der Waals surface area contributed by atoms with Gasteiger partial charge in [0.1, 0.15) is 11.6 Å². The van der Waals surface area contributed by atoms with Gasteiger partial charge in [-0.2, -0.15) is 14.3 Å². The number of piperidine rings is 1. The van der Waals surface area contributed by atoms with Crippen molar-refractivity contribution in [3.63, 3.8) is 0 Å². The van der Waals surface area contributed by atoms with E-state index in [4.69, 9.17) is 4.52 Å². The molecule has 1 aromatic heterocycles. The summed E-state index contributed by atoms with van der Waals surface area (Å²) in [6.45, 7) is 5.97. The van der Waals surface area contributed by atoms with Crippen LogP contribution in [-0.4, -0.2) is 77.8 Å². The van der Waals surface area contributed by atoms with Crippen LogP contribution in [0.2, 0.25) is 0 Å². The lowest BCUT2D eigenvalue weighted by atomic mass is 9.92. The van der Waals surface area contributed by atoms with Gasteiger partial charge in [0.25, 0.3) is 0 Å². The van der Waals surface area contributed by atoms with Gasteiger partial charge < -0.3 is 9.42 Å². The van der Waals surface area contributed by atoms with Crippen molar-refractivity contribution in [2.45, 2.75) is 51.6 Å². The van der Waals surface area contributed by atoms with Gasteiger partial charge in [-0.25, -0.2) is 17.9 Å². The van der Waals surface area contributed by atoms with Crippen LogP contribution in [0.25, 0.3) is 0 Å². The summed E-state index contributed by atoms with van der Waals surface area (Å²) in [5.74, 6) is -0.636. The average molecular weight is 503 g/mol. The lowest BCUT2D eigenvalue weighted by Crippen LogP contribution is -2.55. The molecule has 0 spiro atoms. The number of amides is 3. The molecule has 2 aliphatic carbocycles. The van der Waals surface area contributed by atoms with Gasteiger partial charge in [-0.15, -0.1) is 0 Å². The fraction of sp³-hybridized carbons (Fsp3) is 0.583. The number of carbonyl (C=O) groups is 2. The summed E-state index contributed by atoms with van der Waals surface area (Å²) < 4.78 is 35.7. The minimum atomic E-state index is -3.79. The monoisotopic (exact) mass is 502 g/mol. The second-order valence-electron chi connectivity index (χ2n) is 10.5. The Hall–Kier alpha value is -2.63. The minimum absolute atomic E-state index is 0.0526. The van der Waals surface area contributed by atoms with E-state index in [1.807, 2.05) is 6.92 Å². The molecule has 10 nitrogen and oxygen atoms in total. The minimum Gasteiger partial charge on any atom is -0.357 e. The van der Waals surface area contributed by atoms with Crippen molar-refractivity contribution in [3.05, 3.63) is 40.7 Å². The summed E-state index contributed by atoms with van der Waals surface area (Å²) >= 11 is 0. The first-order valence-corrected chi connectivity index (χ1v) is 13.6. The summed E-state index contributed by atoms with van der Waals surface area (Å²) in [4.78, 5) is 30.6. The average Bonchev–Trinajstić information content (AvgIpc) is 3.38. The normalized spacial score (nSPS) is 25.2. The van der Waals surface area contributed by atoms with E-state index < -0.39 is 33.4 Å². The highest BCUT2D eigenvalue weighted by molar-refractivity contribution is 7.93. The Morgan fingerprint density at radius 1 is 1.23 bits per heavy atom. The van der Waals surface area contributed by atoms with Gasteiger partial charge in [-0.05, 0) is 83.8 Å². The molecule has 0 bridgehead atoms. The first-order chi connectivity index (χ1) is 16.5. The molecular formula is C24H32N5O5S+. The van der Waals surface area contributed by atoms with Crippen LogP contribution in [0.15, 0.2) is 33.7 Å². The maximum Gasteiger partial charge on any atom is 0.501 e. The Kier molecular flexibility index (Phi) is 6.05. The number of hydrogen-bond acceptors (Lipinski definition) is 7. The van der Waals surface area contributed by atoms with Crippen molar-refractivity contribution in [3.8, 4) is 0 Å². The predicted molar refractivity (Wildman–Crippen MR) is 128 cm³/mol. The lowest BCUT2D eigenvalue weighted by molar-refractivity contribution is -0.450. The number of fused-ring (bicyclic) bond motifs is 1. The Morgan fingerprint density at radius 3 is 2.57 bits per heavy atom. The smallest absolute Gasteiger partial charge is 0.357 e. The molecule has 2 aliphatic heterocycles. The maximum absolute atomic E-state index is 13.6. The van der Waals surface area contributed by atoms with Crippen molar-refractivity contribution in [1.29, 1.82) is 0 Å². The van der Waals surface area contributed by atoms with E-state index >= 15 is 0 Å². The second-order valence-corrected chi connectivity index (χ2v) is 12.2. The third kappa shape index (κ3) is 4.89.